The number of carbonyl (C=O) groups is 1. The van der Waals surface area contributed by atoms with Crippen molar-refractivity contribution < 1.29 is 13.6 Å². The summed E-state index contributed by atoms with van der Waals surface area (Å²) in [5.74, 6) is 0.293. The first-order chi connectivity index (χ1) is 19.4. The van der Waals surface area contributed by atoms with E-state index in [-0.39, 0.29) is 17.3 Å². The lowest BCUT2D eigenvalue weighted by molar-refractivity contribution is 0.0558. The maximum atomic E-state index is 13.6. The third kappa shape index (κ3) is 4.79. The van der Waals surface area contributed by atoms with Gasteiger partial charge in [0.2, 0.25) is 0 Å². The Hall–Kier alpha value is -4.64. The molecule has 0 spiro atoms. The summed E-state index contributed by atoms with van der Waals surface area (Å²) in [5.41, 5.74) is 3.93. The van der Waals surface area contributed by atoms with Gasteiger partial charge < -0.3 is 14.3 Å². The zero-order valence-corrected chi connectivity index (χ0v) is 22.2. The summed E-state index contributed by atoms with van der Waals surface area (Å²) >= 11 is 0. The van der Waals surface area contributed by atoms with Crippen LogP contribution in [0.1, 0.15) is 44.7 Å². The first-order valence-electron chi connectivity index (χ1n) is 13.1. The second kappa shape index (κ2) is 10.5. The predicted octanol–water partition coefficient (Wildman–Crippen LogP) is 3.46. The molecule has 11 heteroatoms. The van der Waals surface area contributed by atoms with Gasteiger partial charge in [-0.25, -0.2) is 9.07 Å². The van der Waals surface area contributed by atoms with Crippen LogP contribution in [-0.2, 0) is 6.54 Å². The predicted molar refractivity (Wildman–Crippen MR) is 145 cm³/mol. The van der Waals surface area contributed by atoms with Gasteiger partial charge >= 0.3 is 0 Å². The number of rotatable bonds is 6. The van der Waals surface area contributed by atoms with Gasteiger partial charge in [-0.3, -0.25) is 14.5 Å². The monoisotopic (exact) mass is 541 g/mol. The molecule has 0 saturated carbocycles. The summed E-state index contributed by atoms with van der Waals surface area (Å²) in [6.45, 7) is 6.15. The number of pyridine rings is 1. The Morgan fingerprint density at radius 2 is 1.80 bits per heavy atom. The van der Waals surface area contributed by atoms with E-state index in [2.05, 4.69) is 25.4 Å². The standard InChI is InChI=1S/C29H28FN7O3/c1-18-5-6-19(2)25-22(18)16-23(28(38)31-25)26(27-32-33-34-37(27)17-20-7-9-21(30)10-8-20)35-11-13-36(14-12-35)29(39)24-4-3-15-40-24/h3-10,15-16,26H,11-14,17H2,1-2H3,(H,31,38)/t26-/m1/s1. The molecule has 10 nitrogen and oxygen atoms in total. The Labute approximate surface area is 229 Å². The Morgan fingerprint density at radius 1 is 1.05 bits per heavy atom. The highest BCUT2D eigenvalue weighted by atomic mass is 19.1. The molecule has 1 aliphatic heterocycles. The highest BCUT2D eigenvalue weighted by Gasteiger charge is 2.34. The van der Waals surface area contributed by atoms with E-state index in [1.165, 1.54) is 18.4 Å². The minimum Gasteiger partial charge on any atom is -0.459 e. The van der Waals surface area contributed by atoms with Crippen LogP contribution in [0.5, 0.6) is 0 Å². The quantitative estimate of drug-likeness (QED) is 0.350. The van der Waals surface area contributed by atoms with Gasteiger partial charge in [0.15, 0.2) is 11.6 Å². The molecule has 1 fully saturated rings. The lowest BCUT2D eigenvalue weighted by Crippen LogP contribution is -2.50. The number of tetrazole rings is 1. The van der Waals surface area contributed by atoms with Crippen LogP contribution in [0.15, 0.2) is 70.1 Å². The van der Waals surface area contributed by atoms with E-state index < -0.39 is 6.04 Å². The highest BCUT2D eigenvalue weighted by molar-refractivity contribution is 5.91. The van der Waals surface area contributed by atoms with Crippen molar-refractivity contribution in [1.82, 2.24) is 35.0 Å². The lowest BCUT2D eigenvalue weighted by atomic mass is 9.99. The van der Waals surface area contributed by atoms with Gasteiger partial charge in [-0.05, 0) is 71.3 Å². The molecule has 1 amide bonds. The number of H-pyrrole nitrogens is 1. The molecule has 5 aromatic rings. The maximum absolute atomic E-state index is 13.6. The van der Waals surface area contributed by atoms with Crippen LogP contribution in [0.3, 0.4) is 0 Å². The van der Waals surface area contributed by atoms with E-state index in [0.29, 0.717) is 49.9 Å². The largest absolute Gasteiger partial charge is 0.459 e. The zero-order chi connectivity index (χ0) is 27.8. The second-order valence-electron chi connectivity index (χ2n) is 10.1. The minimum atomic E-state index is -0.579. The third-order valence-electron chi connectivity index (χ3n) is 7.52. The number of furan rings is 1. The molecule has 1 N–H and O–H groups in total. The Balaban J connectivity index is 1.39. The van der Waals surface area contributed by atoms with Crippen molar-refractivity contribution in [2.24, 2.45) is 0 Å². The number of nitrogens with one attached hydrogen (secondary N) is 1. The van der Waals surface area contributed by atoms with Crippen molar-refractivity contribution in [1.29, 1.82) is 0 Å². The van der Waals surface area contributed by atoms with Crippen molar-refractivity contribution in [3.63, 3.8) is 0 Å². The van der Waals surface area contributed by atoms with E-state index in [1.54, 1.807) is 33.8 Å². The number of halogens is 1. The van der Waals surface area contributed by atoms with Crippen LogP contribution < -0.4 is 5.56 Å². The van der Waals surface area contributed by atoms with E-state index in [4.69, 9.17) is 4.42 Å². The summed E-state index contributed by atoms with van der Waals surface area (Å²) in [6, 6.07) is 14.9. The minimum absolute atomic E-state index is 0.169. The van der Waals surface area contributed by atoms with E-state index in [1.807, 2.05) is 32.0 Å². The fraction of sp³-hybridized carbons (Fsp3) is 0.276. The second-order valence-corrected chi connectivity index (χ2v) is 10.1. The summed E-state index contributed by atoms with van der Waals surface area (Å²) in [7, 11) is 0. The topological polar surface area (TPSA) is 113 Å². The van der Waals surface area contributed by atoms with Crippen LogP contribution in [-0.4, -0.2) is 67.1 Å². The molecule has 0 aliphatic carbocycles. The molecule has 0 radical (unpaired) electrons. The normalized spacial score (nSPS) is 15.0. The number of benzene rings is 2. The molecule has 0 unspecified atom stereocenters. The molecule has 6 rings (SSSR count). The van der Waals surface area contributed by atoms with E-state index in [9.17, 15) is 14.0 Å². The molecule has 1 saturated heterocycles. The van der Waals surface area contributed by atoms with Crippen molar-refractivity contribution in [3.8, 4) is 0 Å². The van der Waals surface area contributed by atoms with Gasteiger partial charge in [0, 0.05) is 37.1 Å². The SMILES string of the molecule is Cc1ccc(C)c2[nH]c(=O)c([C@H](c3nnnn3Cc3ccc(F)cc3)N3CCN(C(=O)c4ccco4)CC3)cc12. The summed E-state index contributed by atoms with van der Waals surface area (Å²) < 4.78 is 20.5. The number of aryl methyl sites for hydroxylation is 2. The number of carbonyl (C=O) groups excluding carboxylic acids is 1. The molecule has 0 bridgehead atoms. The molecule has 3 aromatic heterocycles. The molecule has 1 atom stereocenters. The highest BCUT2D eigenvalue weighted by Crippen LogP contribution is 2.30. The Kier molecular flexibility index (Phi) is 6.72. The van der Waals surface area contributed by atoms with Gasteiger partial charge in [0.1, 0.15) is 11.9 Å². The first kappa shape index (κ1) is 25.6. The summed E-state index contributed by atoms with van der Waals surface area (Å²) in [6.07, 6.45) is 1.48. The fourth-order valence-corrected chi connectivity index (χ4v) is 5.32. The zero-order valence-electron chi connectivity index (χ0n) is 22.2. The number of hydrogen-bond donors (Lipinski definition) is 1. The van der Waals surface area contributed by atoms with Crippen LogP contribution in [0.4, 0.5) is 4.39 Å². The molecule has 204 valence electrons. The Bertz CT molecular complexity index is 1720. The van der Waals surface area contributed by atoms with Crippen molar-refractivity contribution in [3.05, 3.63) is 111 Å². The van der Waals surface area contributed by atoms with Crippen LogP contribution in [0.2, 0.25) is 0 Å². The summed E-state index contributed by atoms with van der Waals surface area (Å²) in [4.78, 5) is 33.5. The number of fused-ring (bicyclic) bond motifs is 1. The van der Waals surface area contributed by atoms with Crippen molar-refractivity contribution in [2.45, 2.75) is 26.4 Å². The van der Waals surface area contributed by atoms with Gasteiger partial charge in [-0.1, -0.05) is 24.3 Å². The summed E-state index contributed by atoms with van der Waals surface area (Å²) in [5, 5.41) is 13.5. The average molecular weight is 542 g/mol. The molecule has 40 heavy (non-hydrogen) atoms. The van der Waals surface area contributed by atoms with Gasteiger partial charge in [0.25, 0.3) is 11.5 Å². The molecule has 4 heterocycles. The molecular formula is C29H28FN7O3. The number of amides is 1. The van der Waals surface area contributed by atoms with Crippen molar-refractivity contribution in [2.75, 3.05) is 26.2 Å². The Morgan fingerprint density at radius 3 is 2.52 bits per heavy atom. The van der Waals surface area contributed by atoms with Crippen LogP contribution in [0.25, 0.3) is 10.9 Å². The smallest absolute Gasteiger partial charge is 0.289 e. The fourth-order valence-electron chi connectivity index (χ4n) is 5.32. The van der Waals surface area contributed by atoms with Gasteiger partial charge in [0.05, 0.1) is 18.3 Å². The number of aromatic amines is 1. The number of hydrogen-bond acceptors (Lipinski definition) is 7. The average Bonchev–Trinajstić information content (AvgIpc) is 3.66. The molecule has 2 aromatic carbocycles. The van der Waals surface area contributed by atoms with Gasteiger partial charge in [-0.15, -0.1) is 5.10 Å². The van der Waals surface area contributed by atoms with Crippen LogP contribution in [0, 0.1) is 19.7 Å². The maximum Gasteiger partial charge on any atom is 0.289 e. The van der Waals surface area contributed by atoms with E-state index in [0.717, 1.165) is 27.6 Å². The third-order valence-corrected chi connectivity index (χ3v) is 7.52. The molecular weight excluding hydrogens is 513 g/mol. The number of nitrogens with zero attached hydrogens (tertiary/aromatic N) is 6. The van der Waals surface area contributed by atoms with Gasteiger partial charge in [-0.2, -0.15) is 0 Å². The first-order valence-corrected chi connectivity index (χ1v) is 13.1. The molecule has 1 aliphatic rings. The lowest BCUT2D eigenvalue weighted by Gasteiger charge is -2.38. The van der Waals surface area contributed by atoms with E-state index >= 15 is 0 Å². The number of aromatic nitrogens is 5. The number of piperazine rings is 1. The van der Waals surface area contributed by atoms with Crippen molar-refractivity contribution >= 4 is 16.8 Å². The van der Waals surface area contributed by atoms with Crippen LogP contribution >= 0.6 is 0 Å².